The Morgan fingerprint density at radius 1 is 0.882 bits per heavy atom. The number of imidazole rings is 1. The van der Waals surface area contributed by atoms with Crippen LogP contribution in [0.3, 0.4) is 0 Å². The number of hydrogen-bond donors (Lipinski definition) is 3. The molecule has 0 unspecified atom stereocenters. The van der Waals surface area contributed by atoms with Gasteiger partial charge in [0.05, 0.1) is 29.8 Å². The van der Waals surface area contributed by atoms with Gasteiger partial charge in [-0.05, 0) is 52.8 Å². The quantitative estimate of drug-likeness (QED) is 0.136. The van der Waals surface area contributed by atoms with E-state index >= 15 is 0 Å². The number of H-pyrrole nitrogens is 1. The van der Waals surface area contributed by atoms with Crippen molar-refractivity contribution < 1.29 is 19.4 Å². The van der Waals surface area contributed by atoms with E-state index in [0.29, 0.717) is 6.42 Å². The molecule has 4 aromatic carbocycles. The molecule has 51 heavy (non-hydrogen) atoms. The first-order chi connectivity index (χ1) is 24.7. The smallest absolute Gasteiger partial charge is 0.326 e. The normalized spacial score (nSPS) is 20.4. The number of aliphatic hydroxyl groups excluding tert-OH is 1. The van der Waals surface area contributed by atoms with Gasteiger partial charge >= 0.3 is 5.69 Å². The van der Waals surface area contributed by atoms with E-state index in [0.717, 1.165) is 76.9 Å². The number of ether oxygens (including phenoxy) is 2. The van der Waals surface area contributed by atoms with Crippen LogP contribution in [0.2, 0.25) is 0 Å². The molecule has 7 rings (SSSR count). The Labute approximate surface area is 311 Å². The molecule has 266 valence electrons. The third-order valence-corrected chi connectivity index (χ3v) is 10.3. The molecule has 3 N–H and O–H groups in total. The minimum Gasteiger partial charge on any atom is -0.392 e. The lowest BCUT2D eigenvalue weighted by molar-refractivity contribution is -0.253. The molecule has 9 nitrogen and oxygen atoms in total. The number of rotatable bonds is 9. The minimum absolute atomic E-state index is 0.0183. The first kappa shape index (κ1) is 35.7. The van der Waals surface area contributed by atoms with Crippen molar-refractivity contribution in [3.05, 3.63) is 130 Å². The van der Waals surface area contributed by atoms with E-state index in [9.17, 15) is 14.7 Å². The highest BCUT2D eigenvalue weighted by molar-refractivity contribution is 6.76. The second-order valence-corrected chi connectivity index (χ2v) is 15.4. The lowest BCUT2D eigenvalue weighted by Crippen LogP contribution is -2.43. The molecule has 2 saturated heterocycles. The van der Waals surface area contributed by atoms with Crippen molar-refractivity contribution in [2.75, 3.05) is 19.6 Å². The van der Waals surface area contributed by atoms with Crippen molar-refractivity contribution in [1.82, 2.24) is 19.8 Å². The number of benzene rings is 4. The number of halogens is 3. The van der Waals surface area contributed by atoms with Crippen molar-refractivity contribution >= 4 is 51.7 Å². The number of alkyl halides is 3. The zero-order chi connectivity index (χ0) is 35.5. The van der Waals surface area contributed by atoms with Gasteiger partial charge in [-0.15, -0.1) is 0 Å². The molecule has 0 aliphatic carbocycles. The number of nitrogens with zero attached hydrogens (tertiary/aromatic N) is 2. The van der Waals surface area contributed by atoms with Crippen molar-refractivity contribution in [2.24, 2.45) is 0 Å². The van der Waals surface area contributed by atoms with E-state index in [1.165, 1.54) is 0 Å². The maximum Gasteiger partial charge on any atom is 0.326 e. The molecule has 0 radical (unpaired) electrons. The molecule has 1 amide bonds. The Hall–Kier alpha value is -3.67. The van der Waals surface area contributed by atoms with Gasteiger partial charge in [-0.25, -0.2) is 4.79 Å². The van der Waals surface area contributed by atoms with Crippen LogP contribution < -0.4 is 11.0 Å². The Kier molecular flexibility index (Phi) is 10.9. The largest absolute Gasteiger partial charge is 0.392 e. The zero-order valence-electron chi connectivity index (χ0n) is 27.8. The fraction of sp³-hybridized carbons (Fsp3) is 0.333. The van der Waals surface area contributed by atoms with Crippen LogP contribution in [-0.4, -0.2) is 55.0 Å². The maximum atomic E-state index is 12.8. The third kappa shape index (κ3) is 8.21. The molecule has 2 fully saturated rings. The molecule has 2 aliphatic heterocycles. The number of hydrogen-bond acceptors (Lipinski definition) is 6. The molecule has 0 saturated carbocycles. The highest BCUT2D eigenvalue weighted by Crippen LogP contribution is 2.39. The third-order valence-electron chi connectivity index (χ3n) is 9.83. The molecule has 2 aliphatic rings. The second-order valence-electron chi connectivity index (χ2n) is 13.2. The Bertz CT molecular complexity index is 2020. The minimum atomic E-state index is -2.04. The second kappa shape index (κ2) is 15.5. The SMILES string of the molecule is O=C(NCc1ccccc1-c1ccc([C@@H]2O[C@H](CN3CCC(n4c(=O)[nH]c5ccccc54)CC3)C[C@H](c3ccc(CO)cc3)O2)cc1)C(Cl)(Cl)Cl. The summed E-state index contributed by atoms with van der Waals surface area (Å²) in [4.78, 5) is 30.4. The van der Waals surface area contributed by atoms with Crippen LogP contribution in [-0.2, 0) is 27.4 Å². The molecule has 0 spiro atoms. The van der Waals surface area contributed by atoms with Crippen LogP contribution in [0.25, 0.3) is 22.2 Å². The topological polar surface area (TPSA) is 109 Å². The number of likely N-dealkylation sites (tertiary alicyclic amines) is 1. The van der Waals surface area contributed by atoms with E-state index in [2.05, 4.69) is 15.2 Å². The summed E-state index contributed by atoms with van der Waals surface area (Å²) in [5, 5.41) is 12.3. The summed E-state index contributed by atoms with van der Waals surface area (Å²) in [7, 11) is 0. The van der Waals surface area contributed by atoms with E-state index in [-0.39, 0.29) is 37.1 Å². The summed E-state index contributed by atoms with van der Waals surface area (Å²) in [5.74, 6) is -0.687. The van der Waals surface area contributed by atoms with Gasteiger partial charge in [0.15, 0.2) is 6.29 Å². The van der Waals surface area contributed by atoms with Gasteiger partial charge in [-0.2, -0.15) is 0 Å². The summed E-state index contributed by atoms with van der Waals surface area (Å²) in [5.41, 5.74) is 7.31. The number of aromatic nitrogens is 2. The summed E-state index contributed by atoms with van der Waals surface area (Å²) in [6.45, 7) is 2.64. The number of amides is 1. The average molecular weight is 750 g/mol. The number of piperidine rings is 1. The van der Waals surface area contributed by atoms with Gasteiger partial charge in [0.1, 0.15) is 0 Å². The van der Waals surface area contributed by atoms with Gasteiger partial charge in [0, 0.05) is 44.2 Å². The predicted octanol–water partition coefficient (Wildman–Crippen LogP) is 7.36. The van der Waals surface area contributed by atoms with Gasteiger partial charge in [-0.3, -0.25) is 9.36 Å². The monoisotopic (exact) mass is 748 g/mol. The maximum absolute atomic E-state index is 12.8. The number of para-hydroxylation sites is 2. The molecule has 3 atom stereocenters. The molecular formula is C39H39Cl3N4O5. The Morgan fingerprint density at radius 2 is 1.57 bits per heavy atom. The van der Waals surface area contributed by atoms with Gasteiger partial charge in [0.2, 0.25) is 0 Å². The Morgan fingerprint density at radius 3 is 2.29 bits per heavy atom. The summed E-state index contributed by atoms with van der Waals surface area (Å²) < 4.78 is 13.2. The number of aliphatic hydroxyl groups is 1. The zero-order valence-corrected chi connectivity index (χ0v) is 30.1. The summed E-state index contributed by atoms with van der Waals surface area (Å²) >= 11 is 17.2. The Balaban J connectivity index is 1.06. The summed E-state index contributed by atoms with van der Waals surface area (Å²) in [6, 6.07) is 31.7. The number of fused-ring (bicyclic) bond motifs is 1. The predicted molar refractivity (Wildman–Crippen MR) is 200 cm³/mol. The van der Waals surface area contributed by atoms with Crippen LogP contribution in [0.5, 0.6) is 0 Å². The van der Waals surface area contributed by atoms with Crippen molar-refractivity contribution in [2.45, 2.75) is 60.7 Å². The molecular weight excluding hydrogens is 711 g/mol. The van der Waals surface area contributed by atoms with Crippen LogP contribution >= 0.6 is 34.8 Å². The number of nitrogens with one attached hydrogen (secondary N) is 2. The average Bonchev–Trinajstić information content (AvgIpc) is 3.49. The molecule has 1 aromatic heterocycles. The summed E-state index contributed by atoms with van der Waals surface area (Å²) in [6.07, 6.45) is 1.53. The highest BCUT2D eigenvalue weighted by Gasteiger charge is 2.35. The van der Waals surface area contributed by atoms with Gasteiger partial charge in [-0.1, -0.05) is 120 Å². The standard InChI is InChI=1S/C39H39Cl3N4O5/c40-39(41,42)37(48)43-22-29-5-1-2-6-32(29)26-13-15-28(16-14-26)36-50-31(21-35(51-36)27-11-9-25(24-47)10-12-27)23-45-19-17-30(18-20-45)46-34-8-4-3-7-33(34)44-38(46)49/h1-16,30-31,35-36,47H,17-24H2,(H,43,48)(H,44,49)/t31-,35+,36+/m0/s1. The fourth-order valence-corrected chi connectivity index (χ4v) is 7.37. The lowest BCUT2D eigenvalue weighted by Gasteiger charge is -2.40. The van der Waals surface area contributed by atoms with E-state index < -0.39 is 16.0 Å². The molecule has 3 heterocycles. The van der Waals surface area contributed by atoms with Gasteiger partial charge < -0.3 is 29.8 Å². The van der Waals surface area contributed by atoms with Crippen LogP contribution in [0.4, 0.5) is 0 Å². The van der Waals surface area contributed by atoms with Crippen molar-refractivity contribution in [3.63, 3.8) is 0 Å². The van der Waals surface area contributed by atoms with Crippen LogP contribution in [0, 0.1) is 0 Å². The van der Waals surface area contributed by atoms with E-state index in [1.807, 2.05) is 102 Å². The van der Waals surface area contributed by atoms with Gasteiger partial charge in [0.25, 0.3) is 9.70 Å². The number of carbonyl (C=O) groups excluding carboxylic acids is 1. The first-order valence-electron chi connectivity index (χ1n) is 17.1. The van der Waals surface area contributed by atoms with E-state index in [1.54, 1.807) is 0 Å². The molecule has 0 bridgehead atoms. The van der Waals surface area contributed by atoms with Crippen molar-refractivity contribution in [1.29, 1.82) is 0 Å². The number of carbonyl (C=O) groups is 1. The fourth-order valence-electron chi connectivity index (χ4n) is 7.17. The van der Waals surface area contributed by atoms with E-state index in [4.69, 9.17) is 44.3 Å². The molecule has 12 heteroatoms. The van der Waals surface area contributed by atoms with Crippen LogP contribution in [0.1, 0.15) is 60.0 Å². The highest BCUT2D eigenvalue weighted by atomic mass is 35.6. The number of aromatic amines is 1. The lowest BCUT2D eigenvalue weighted by atomic mass is 9.97. The molecule has 5 aromatic rings. The first-order valence-corrected chi connectivity index (χ1v) is 18.2. The van der Waals surface area contributed by atoms with Crippen LogP contribution in [0.15, 0.2) is 102 Å². The van der Waals surface area contributed by atoms with Crippen molar-refractivity contribution in [3.8, 4) is 11.1 Å².